The van der Waals surface area contributed by atoms with Crippen LogP contribution in [0.15, 0.2) is 182 Å². The first-order valence-corrected chi connectivity index (χ1v) is 17.1. The van der Waals surface area contributed by atoms with Gasteiger partial charge in [0.25, 0.3) is 0 Å². The first-order valence-electron chi connectivity index (χ1n) is 17.1. The van der Waals surface area contributed by atoms with Gasteiger partial charge in [0.05, 0.1) is 11.4 Å². The summed E-state index contributed by atoms with van der Waals surface area (Å²) in [5.74, 6) is 0.711. The quantitative estimate of drug-likeness (QED) is 0.188. The topological polar surface area (TPSA) is 25.8 Å². The standard InChI is InChI=1S/C48H30N2/c1-3-12-32(13-4-1)45-30-46(33-14-5-2-6-15-33)50-48(49-45)34-24-22-31(23-25-34)43-28-35-16-7-8-17-36(35)29-44(43)39-26-27-42-38-19-10-9-18-37(38)40-20-11-21-41(39)47(40)42/h1-30H. The van der Waals surface area contributed by atoms with Crippen LogP contribution >= 0.6 is 0 Å². The zero-order chi connectivity index (χ0) is 33.0. The molecule has 0 spiro atoms. The lowest BCUT2D eigenvalue weighted by molar-refractivity contribution is 1.18. The van der Waals surface area contributed by atoms with Gasteiger partial charge in [-0.25, -0.2) is 9.97 Å². The summed E-state index contributed by atoms with van der Waals surface area (Å²) in [7, 11) is 0. The van der Waals surface area contributed by atoms with E-state index in [0.29, 0.717) is 5.82 Å². The van der Waals surface area contributed by atoms with Crippen molar-refractivity contribution in [3.8, 4) is 78.4 Å². The lowest BCUT2D eigenvalue weighted by Gasteiger charge is -2.16. The van der Waals surface area contributed by atoms with E-state index < -0.39 is 0 Å². The van der Waals surface area contributed by atoms with Crippen molar-refractivity contribution in [1.82, 2.24) is 9.97 Å². The van der Waals surface area contributed by atoms with E-state index >= 15 is 0 Å². The number of hydrogen-bond donors (Lipinski definition) is 0. The maximum atomic E-state index is 5.07. The fourth-order valence-electron chi connectivity index (χ4n) is 7.63. The predicted octanol–water partition coefficient (Wildman–Crippen LogP) is 12.8. The van der Waals surface area contributed by atoms with Gasteiger partial charge in [-0.2, -0.15) is 0 Å². The van der Waals surface area contributed by atoms with E-state index in [1.165, 1.54) is 60.5 Å². The monoisotopic (exact) mass is 634 g/mol. The maximum Gasteiger partial charge on any atom is 0.160 e. The van der Waals surface area contributed by atoms with E-state index in [2.05, 4.69) is 170 Å². The Balaban J connectivity index is 1.13. The average Bonchev–Trinajstić information content (AvgIpc) is 3.53. The molecular weight excluding hydrogens is 605 g/mol. The normalized spacial score (nSPS) is 11.6. The number of rotatable bonds is 5. The van der Waals surface area contributed by atoms with Crippen molar-refractivity contribution in [2.45, 2.75) is 0 Å². The lowest BCUT2D eigenvalue weighted by atomic mass is 9.87. The van der Waals surface area contributed by atoms with Gasteiger partial charge in [0.1, 0.15) is 0 Å². The molecule has 50 heavy (non-hydrogen) atoms. The van der Waals surface area contributed by atoms with Gasteiger partial charge in [-0.15, -0.1) is 0 Å². The van der Waals surface area contributed by atoms with Crippen LogP contribution in [-0.2, 0) is 0 Å². The molecule has 0 saturated carbocycles. The van der Waals surface area contributed by atoms with E-state index in [1.807, 2.05) is 12.1 Å². The lowest BCUT2D eigenvalue weighted by Crippen LogP contribution is -1.96. The molecule has 1 aromatic heterocycles. The van der Waals surface area contributed by atoms with E-state index in [0.717, 1.165) is 33.6 Å². The van der Waals surface area contributed by atoms with E-state index in [4.69, 9.17) is 9.97 Å². The van der Waals surface area contributed by atoms with Gasteiger partial charge in [0.15, 0.2) is 5.82 Å². The van der Waals surface area contributed by atoms with Crippen molar-refractivity contribution >= 4 is 21.5 Å². The zero-order valence-electron chi connectivity index (χ0n) is 27.2. The molecular formula is C48H30N2. The molecule has 0 aliphatic heterocycles. The van der Waals surface area contributed by atoms with Crippen LogP contribution < -0.4 is 0 Å². The number of hydrogen-bond acceptors (Lipinski definition) is 2. The Bertz CT molecular complexity index is 2640. The number of fused-ring (bicyclic) bond motifs is 4. The average molecular weight is 635 g/mol. The molecule has 0 amide bonds. The van der Waals surface area contributed by atoms with Crippen molar-refractivity contribution < 1.29 is 0 Å². The summed E-state index contributed by atoms with van der Waals surface area (Å²) in [6.07, 6.45) is 0. The Kier molecular flexibility index (Phi) is 6.53. The minimum absolute atomic E-state index is 0.711. The van der Waals surface area contributed by atoms with Crippen LogP contribution in [0.1, 0.15) is 0 Å². The molecule has 9 aromatic rings. The Hall–Kier alpha value is -6.64. The Labute approximate surface area is 291 Å². The van der Waals surface area contributed by atoms with Crippen LogP contribution in [0.5, 0.6) is 0 Å². The summed E-state index contributed by atoms with van der Waals surface area (Å²) in [5.41, 5.74) is 15.0. The minimum atomic E-state index is 0.711. The van der Waals surface area contributed by atoms with Crippen LogP contribution in [0.3, 0.4) is 0 Å². The van der Waals surface area contributed by atoms with Gasteiger partial charge in [0.2, 0.25) is 0 Å². The molecule has 232 valence electrons. The Morgan fingerprint density at radius 3 is 1.42 bits per heavy atom. The molecule has 0 radical (unpaired) electrons. The molecule has 2 heteroatoms. The highest BCUT2D eigenvalue weighted by atomic mass is 14.9. The number of nitrogens with zero attached hydrogens (tertiary/aromatic N) is 2. The van der Waals surface area contributed by atoms with Crippen molar-refractivity contribution in [3.63, 3.8) is 0 Å². The Morgan fingerprint density at radius 1 is 0.280 bits per heavy atom. The van der Waals surface area contributed by atoms with Crippen LogP contribution in [0.4, 0.5) is 0 Å². The van der Waals surface area contributed by atoms with Gasteiger partial charge in [0, 0.05) is 16.7 Å². The highest BCUT2D eigenvalue weighted by Crippen LogP contribution is 2.50. The third kappa shape index (κ3) is 4.65. The summed E-state index contributed by atoms with van der Waals surface area (Å²) in [4.78, 5) is 10.1. The number of aromatic nitrogens is 2. The van der Waals surface area contributed by atoms with Crippen molar-refractivity contribution in [2.75, 3.05) is 0 Å². The predicted molar refractivity (Wildman–Crippen MR) is 209 cm³/mol. The first-order chi connectivity index (χ1) is 24.8. The highest BCUT2D eigenvalue weighted by molar-refractivity contribution is 6.19. The van der Waals surface area contributed by atoms with E-state index in [-0.39, 0.29) is 0 Å². The third-order valence-electron chi connectivity index (χ3n) is 10.0. The number of benzene rings is 8. The third-order valence-corrected chi connectivity index (χ3v) is 10.0. The van der Waals surface area contributed by atoms with Gasteiger partial charge < -0.3 is 0 Å². The van der Waals surface area contributed by atoms with Crippen LogP contribution in [0.2, 0.25) is 0 Å². The van der Waals surface area contributed by atoms with Crippen molar-refractivity contribution in [2.24, 2.45) is 0 Å². The maximum absolute atomic E-state index is 5.07. The summed E-state index contributed by atoms with van der Waals surface area (Å²) in [6.45, 7) is 0. The van der Waals surface area contributed by atoms with Crippen LogP contribution in [-0.4, -0.2) is 9.97 Å². The summed E-state index contributed by atoms with van der Waals surface area (Å²) in [6, 6.07) is 65.1. The molecule has 0 unspecified atom stereocenters. The fraction of sp³-hybridized carbons (Fsp3) is 0. The van der Waals surface area contributed by atoms with Crippen molar-refractivity contribution in [1.29, 1.82) is 0 Å². The van der Waals surface area contributed by atoms with Crippen LogP contribution in [0.25, 0.3) is 100.0 Å². The second-order valence-electron chi connectivity index (χ2n) is 13.0. The van der Waals surface area contributed by atoms with E-state index in [9.17, 15) is 0 Å². The minimum Gasteiger partial charge on any atom is -0.228 e. The van der Waals surface area contributed by atoms with Gasteiger partial charge in [-0.3, -0.25) is 0 Å². The molecule has 8 aromatic carbocycles. The highest BCUT2D eigenvalue weighted by Gasteiger charge is 2.23. The molecule has 0 atom stereocenters. The summed E-state index contributed by atoms with van der Waals surface area (Å²) in [5, 5.41) is 5.07. The van der Waals surface area contributed by atoms with Crippen molar-refractivity contribution in [3.05, 3.63) is 182 Å². The zero-order valence-corrected chi connectivity index (χ0v) is 27.2. The van der Waals surface area contributed by atoms with E-state index in [1.54, 1.807) is 0 Å². The fourth-order valence-corrected chi connectivity index (χ4v) is 7.63. The molecule has 0 N–H and O–H groups in total. The van der Waals surface area contributed by atoms with Gasteiger partial charge in [-0.1, -0.05) is 164 Å². The van der Waals surface area contributed by atoms with Gasteiger partial charge >= 0.3 is 0 Å². The molecule has 0 saturated heterocycles. The molecule has 1 aliphatic carbocycles. The van der Waals surface area contributed by atoms with Gasteiger partial charge in [-0.05, 0) is 84.3 Å². The largest absolute Gasteiger partial charge is 0.228 e. The molecule has 2 nitrogen and oxygen atoms in total. The SMILES string of the molecule is c1ccc(-c2cc(-c3ccccc3)nc(-c3ccc(-c4cc5ccccc5cc4-c4ccc5c6c(cccc46)-c4ccccc4-5)cc3)n2)cc1. The smallest absolute Gasteiger partial charge is 0.160 e. The molecule has 0 bridgehead atoms. The molecule has 1 heterocycles. The molecule has 10 rings (SSSR count). The second kappa shape index (κ2) is 11.5. The Morgan fingerprint density at radius 2 is 0.780 bits per heavy atom. The molecule has 1 aliphatic rings. The summed E-state index contributed by atoms with van der Waals surface area (Å²) >= 11 is 0. The first kappa shape index (κ1) is 28.4. The second-order valence-corrected chi connectivity index (χ2v) is 13.0. The van der Waals surface area contributed by atoms with Crippen LogP contribution in [0, 0.1) is 0 Å². The molecule has 0 fully saturated rings. The summed E-state index contributed by atoms with van der Waals surface area (Å²) < 4.78 is 0.